The quantitative estimate of drug-likeness (QED) is 0.881. The molecule has 1 aromatic heterocycles. The van der Waals surface area contributed by atoms with Gasteiger partial charge < -0.3 is 11.1 Å². The molecule has 3 N–H and O–H groups in total. The largest absolute Gasteiger partial charge is 0.397 e. The van der Waals surface area contributed by atoms with Gasteiger partial charge in [0.15, 0.2) is 0 Å². The summed E-state index contributed by atoms with van der Waals surface area (Å²) in [5.74, 6) is 0.128. The summed E-state index contributed by atoms with van der Waals surface area (Å²) >= 11 is 9.00. The van der Waals surface area contributed by atoms with Crippen molar-refractivity contribution in [2.45, 2.75) is 0 Å². The summed E-state index contributed by atoms with van der Waals surface area (Å²) in [7, 11) is 0. The first-order valence-corrected chi connectivity index (χ1v) is 5.86. The normalized spacial score (nSPS) is 10.3. The number of halogens is 3. The molecule has 17 heavy (non-hydrogen) atoms. The van der Waals surface area contributed by atoms with Gasteiger partial charge in [0.05, 0.1) is 21.4 Å². The third kappa shape index (κ3) is 2.87. The number of nitrogens with one attached hydrogen (secondary N) is 1. The summed E-state index contributed by atoms with van der Waals surface area (Å²) in [6.45, 7) is 0. The van der Waals surface area contributed by atoms with E-state index in [1.54, 1.807) is 12.1 Å². The van der Waals surface area contributed by atoms with Gasteiger partial charge in [-0.3, -0.25) is 0 Å². The summed E-state index contributed by atoms with van der Waals surface area (Å²) in [5, 5.41) is 3.06. The van der Waals surface area contributed by atoms with Gasteiger partial charge in [-0.25, -0.2) is 9.37 Å². The molecular weight excluding hydrogens is 308 g/mol. The molecule has 2 rings (SSSR count). The van der Waals surface area contributed by atoms with E-state index in [1.807, 2.05) is 0 Å². The Bertz CT molecular complexity index is 562. The third-order valence-corrected chi connectivity index (χ3v) is 2.94. The first-order valence-electron chi connectivity index (χ1n) is 4.69. The minimum Gasteiger partial charge on any atom is -0.397 e. The summed E-state index contributed by atoms with van der Waals surface area (Å²) in [5.41, 5.74) is 6.78. The number of hydrogen-bond acceptors (Lipinski definition) is 3. The van der Waals surface area contributed by atoms with Crippen LogP contribution in [0.1, 0.15) is 0 Å². The number of nitrogens with two attached hydrogens (primary N) is 1. The molecule has 0 bridgehead atoms. The van der Waals surface area contributed by atoms with Gasteiger partial charge in [0.1, 0.15) is 11.6 Å². The van der Waals surface area contributed by atoms with Crippen molar-refractivity contribution < 1.29 is 4.39 Å². The van der Waals surface area contributed by atoms with Gasteiger partial charge in [0, 0.05) is 5.69 Å². The standard InChI is InChI=1S/C11H8BrClFN3/c12-8-3-6(15)5-16-11(8)17-7-1-2-10(14)9(13)4-7/h1-5H,15H2,(H,16,17). The number of nitrogen functional groups attached to an aromatic ring is 1. The molecule has 0 atom stereocenters. The van der Waals surface area contributed by atoms with Gasteiger partial charge in [0.25, 0.3) is 0 Å². The number of rotatable bonds is 2. The van der Waals surface area contributed by atoms with Gasteiger partial charge in [-0.15, -0.1) is 0 Å². The second-order valence-electron chi connectivity index (χ2n) is 3.35. The highest BCUT2D eigenvalue weighted by Crippen LogP contribution is 2.27. The summed E-state index contributed by atoms with van der Waals surface area (Å²) in [6.07, 6.45) is 1.53. The van der Waals surface area contributed by atoms with Crippen molar-refractivity contribution in [2.75, 3.05) is 11.1 Å². The Morgan fingerprint density at radius 3 is 2.76 bits per heavy atom. The Hall–Kier alpha value is -1.33. The average molecular weight is 317 g/mol. The maximum absolute atomic E-state index is 13.0. The molecule has 0 unspecified atom stereocenters. The predicted molar refractivity (Wildman–Crippen MR) is 71.0 cm³/mol. The molecule has 2 aromatic rings. The second-order valence-corrected chi connectivity index (χ2v) is 4.61. The van der Waals surface area contributed by atoms with Crippen molar-refractivity contribution in [1.29, 1.82) is 0 Å². The molecule has 0 aliphatic heterocycles. The van der Waals surface area contributed by atoms with Crippen LogP contribution in [0.25, 0.3) is 0 Å². The van der Waals surface area contributed by atoms with Crippen LogP contribution in [0.3, 0.4) is 0 Å². The summed E-state index contributed by atoms with van der Waals surface area (Å²) in [6, 6.07) is 6.07. The van der Waals surface area contributed by atoms with Gasteiger partial charge in [-0.2, -0.15) is 0 Å². The Morgan fingerprint density at radius 1 is 1.35 bits per heavy atom. The van der Waals surface area contributed by atoms with Gasteiger partial charge >= 0.3 is 0 Å². The highest BCUT2D eigenvalue weighted by atomic mass is 79.9. The van der Waals surface area contributed by atoms with E-state index < -0.39 is 5.82 Å². The second kappa shape index (κ2) is 4.89. The van der Waals surface area contributed by atoms with Crippen LogP contribution < -0.4 is 11.1 Å². The Balaban J connectivity index is 2.28. The zero-order valence-electron chi connectivity index (χ0n) is 8.55. The molecule has 6 heteroatoms. The van der Waals surface area contributed by atoms with E-state index in [9.17, 15) is 4.39 Å². The van der Waals surface area contributed by atoms with Crippen LogP contribution in [0.5, 0.6) is 0 Å². The average Bonchev–Trinajstić information content (AvgIpc) is 2.27. The van der Waals surface area contributed by atoms with Crippen molar-refractivity contribution in [3.8, 4) is 0 Å². The van der Waals surface area contributed by atoms with Crippen LogP contribution in [-0.4, -0.2) is 4.98 Å². The fraction of sp³-hybridized carbons (Fsp3) is 0. The molecule has 88 valence electrons. The van der Waals surface area contributed by atoms with E-state index in [0.717, 1.165) is 4.47 Å². The Labute approximate surface area is 111 Å². The summed E-state index contributed by atoms with van der Waals surface area (Å²) in [4.78, 5) is 4.11. The lowest BCUT2D eigenvalue weighted by Gasteiger charge is -2.08. The molecule has 0 aliphatic carbocycles. The fourth-order valence-corrected chi connectivity index (χ4v) is 1.90. The highest BCUT2D eigenvalue weighted by molar-refractivity contribution is 9.10. The maximum atomic E-state index is 13.0. The predicted octanol–water partition coefficient (Wildman–Crippen LogP) is 3.96. The summed E-state index contributed by atoms with van der Waals surface area (Å²) < 4.78 is 13.7. The van der Waals surface area contributed by atoms with E-state index in [4.69, 9.17) is 17.3 Å². The van der Waals surface area contributed by atoms with Crippen LogP contribution in [0, 0.1) is 5.82 Å². The third-order valence-electron chi connectivity index (χ3n) is 2.04. The SMILES string of the molecule is Nc1cnc(Nc2ccc(F)c(Cl)c2)c(Br)c1. The number of hydrogen-bond donors (Lipinski definition) is 2. The van der Waals surface area contributed by atoms with Crippen molar-refractivity contribution in [1.82, 2.24) is 4.98 Å². The Morgan fingerprint density at radius 2 is 2.12 bits per heavy atom. The van der Waals surface area contributed by atoms with Crippen LogP contribution in [0.4, 0.5) is 21.6 Å². The smallest absolute Gasteiger partial charge is 0.144 e. The van der Waals surface area contributed by atoms with E-state index in [-0.39, 0.29) is 5.02 Å². The van der Waals surface area contributed by atoms with Crippen LogP contribution in [-0.2, 0) is 0 Å². The molecule has 0 radical (unpaired) electrons. The molecule has 0 aliphatic rings. The highest BCUT2D eigenvalue weighted by Gasteiger charge is 2.05. The van der Waals surface area contributed by atoms with E-state index >= 15 is 0 Å². The first-order chi connectivity index (χ1) is 8.06. The number of pyridine rings is 1. The number of aromatic nitrogens is 1. The molecule has 0 spiro atoms. The molecule has 0 amide bonds. The first kappa shape index (κ1) is 12.1. The number of anilines is 3. The van der Waals surface area contributed by atoms with Crippen LogP contribution >= 0.6 is 27.5 Å². The lowest BCUT2D eigenvalue weighted by atomic mass is 10.3. The van der Waals surface area contributed by atoms with Crippen molar-refractivity contribution in [2.24, 2.45) is 0 Å². The van der Waals surface area contributed by atoms with Gasteiger partial charge in [0.2, 0.25) is 0 Å². The molecule has 0 saturated carbocycles. The number of benzene rings is 1. The zero-order chi connectivity index (χ0) is 12.4. The van der Waals surface area contributed by atoms with Crippen molar-refractivity contribution in [3.63, 3.8) is 0 Å². The van der Waals surface area contributed by atoms with Crippen molar-refractivity contribution in [3.05, 3.63) is 45.8 Å². The minimum absolute atomic E-state index is 0.0570. The molecule has 0 fully saturated rings. The maximum Gasteiger partial charge on any atom is 0.144 e. The van der Waals surface area contributed by atoms with Gasteiger partial charge in [-0.05, 0) is 40.2 Å². The topological polar surface area (TPSA) is 50.9 Å². The zero-order valence-corrected chi connectivity index (χ0v) is 10.9. The fourth-order valence-electron chi connectivity index (χ4n) is 1.26. The molecule has 1 aromatic carbocycles. The van der Waals surface area contributed by atoms with Crippen molar-refractivity contribution >= 4 is 44.7 Å². The molecular formula is C11H8BrClFN3. The molecule has 1 heterocycles. The van der Waals surface area contributed by atoms with Gasteiger partial charge in [-0.1, -0.05) is 11.6 Å². The molecule has 0 saturated heterocycles. The Kier molecular flexibility index (Phi) is 3.49. The molecule has 3 nitrogen and oxygen atoms in total. The lowest BCUT2D eigenvalue weighted by Crippen LogP contribution is -1.96. The monoisotopic (exact) mass is 315 g/mol. The van der Waals surface area contributed by atoms with Crippen LogP contribution in [0.15, 0.2) is 34.9 Å². The number of nitrogens with zero attached hydrogens (tertiary/aromatic N) is 1. The van der Waals surface area contributed by atoms with Crippen LogP contribution in [0.2, 0.25) is 5.02 Å². The van der Waals surface area contributed by atoms with E-state index in [2.05, 4.69) is 26.2 Å². The lowest BCUT2D eigenvalue weighted by molar-refractivity contribution is 0.628. The van der Waals surface area contributed by atoms with E-state index in [0.29, 0.717) is 17.2 Å². The minimum atomic E-state index is -0.457. The van der Waals surface area contributed by atoms with E-state index in [1.165, 1.54) is 18.3 Å².